The number of carbonyl (C=O) groups is 2. The van der Waals surface area contributed by atoms with Crippen LogP contribution in [0.4, 0.5) is 0 Å². The van der Waals surface area contributed by atoms with Gasteiger partial charge in [-0.25, -0.2) is 4.79 Å². The summed E-state index contributed by atoms with van der Waals surface area (Å²) in [6.45, 7) is 1.93. The summed E-state index contributed by atoms with van der Waals surface area (Å²) in [7, 11) is 0. The van der Waals surface area contributed by atoms with E-state index in [1.807, 2.05) is 6.92 Å². The number of aliphatic carboxylic acids is 2. The molecular formula is C10H16O4. The average molecular weight is 200 g/mol. The fourth-order valence-electron chi connectivity index (χ4n) is 1.22. The molecule has 4 heteroatoms. The van der Waals surface area contributed by atoms with Crippen molar-refractivity contribution in [2.75, 3.05) is 0 Å². The van der Waals surface area contributed by atoms with Crippen LogP contribution in [0.5, 0.6) is 0 Å². The van der Waals surface area contributed by atoms with Crippen LogP contribution in [0.15, 0.2) is 12.2 Å². The molecule has 0 aliphatic carbocycles. The molecule has 0 aromatic heterocycles. The Kier molecular flexibility index (Phi) is 6.45. The minimum Gasteiger partial charge on any atom is -0.481 e. The molecule has 0 fully saturated rings. The molecule has 0 rings (SSSR count). The van der Waals surface area contributed by atoms with E-state index < -0.39 is 11.9 Å². The van der Waals surface area contributed by atoms with Gasteiger partial charge in [-0.05, 0) is 19.3 Å². The molecular weight excluding hydrogens is 184 g/mol. The molecule has 0 radical (unpaired) electrons. The zero-order valence-electron chi connectivity index (χ0n) is 8.27. The van der Waals surface area contributed by atoms with Crippen molar-refractivity contribution in [3.05, 3.63) is 12.2 Å². The lowest BCUT2D eigenvalue weighted by Gasteiger charge is -2.08. The Bertz CT molecular complexity index is 220. The third-order valence-electron chi connectivity index (χ3n) is 1.93. The van der Waals surface area contributed by atoms with Crippen molar-refractivity contribution in [1.82, 2.24) is 0 Å². The summed E-state index contributed by atoms with van der Waals surface area (Å²) in [5.74, 6) is -2.14. The van der Waals surface area contributed by atoms with Crippen LogP contribution >= 0.6 is 0 Å². The summed E-state index contributed by atoms with van der Waals surface area (Å²) in [5, 5.41) is 17.1. The SMILES string of the molecule is CCCC(CC/C=C/C(=O)O)C(=O)O. The molecule has 0 heterocycles. The Morgan fingerprint density at radius 2 is 1.93 bits per heavy atom. The fourth-order valence-corrected chi connectivity index (χ4v) is 1.22. The minimum atomic E-state index is -0.993. The molecule has 14 heavy (non-hydrogen) atoms. The van der Waals surface area contributed by atoms with E-state index in [9.17, 15) is 9.59 Å². The second kappa shape index (κ2) is 7.12. The predicted octanol–water partition coefficient (Wildman–Crippen LogP) is 1.91. The van der Waals surface area contributed by atoms with E-state index in [0.29, 0.717) is 19.3 Å². The summed E-state index contributed by atoms with van der Waals surface area (Å²) in [6.07, 6.45) is 5.03. The third kappa shape index (κ3) is 6.22. The molecule has 1 atom stereocenters. The lowest BCUT2D eigenvalue weighted by Crippen LogP contribution is -2.12. The highest BCUT2D eigenvalue weighted by molar-refractivity contribution is 5.79. The number of carboxylic acid groups (broad SMARTS) is 2. The van der Waals surface area contributed by atoms with Crippen LogP contribution in [0.3, 0.4) is 0 Å². The molecule has 80 valence electrons. The van der Waals surface area contributed by atoms with Gasteiger partial charge in [-0.3, -0.25) is 4.79 Å². The third-order valence-corrected chi connectivity index (χ3v) is 1.93. The lowest BCUT2D eigenvalue weighted by atomic mass is 9.98. The fraction of sp³-hybridized carbons (Fsp3) is 0.600. The monoisotopic (exact) mass is 200 g/mol. The number of allylic oxidation sites excluding steroid dienone is 1. The molecule has 0 aliphatic heterocycles. The summed E-state index contributed by atoms with van der Waals surface area (Å²) in [4.78, 5) is 20.8. The molecule has 0 aromatic rings. The number of hydrogen-bond acceptors (Lipinski definition) is 2. The van der Waals surface area contributed by atoms with Crippen molar-refractivity contribution in [3.63, 3.8) is 0 Å². The van der Waals surface area contributed by atoms with Gasteiger partial charge >= 0.3 is 11.9 Å². The molecule has 0 saturated heterocycles. The van der Waals surface area contributed by atoms with Gasteiger partial charge < -0.3 is 10.2 Å². The van der Waals surface area contributed by atoms with Gasteiger partial charge in [0.15, 0.2) is 0 Å². The molecule has 0 amide bonds. The van der Waals surface area contributed by atoms with Crippen molar-refractivity contribution in [2.24, 2.45) is 5.92 Å². The van der Waals surface area contributed by atoms with Gasteiger partial charge in [0.2, 0.25) is 0 Å². The average Bonchev–Trinajstić information content (AvgIpc) is 2.09. The van der Waals surface area contributed by atoms with E-state index >= 15 is 0 Å². The van der Waals surface area contributed by atoms with Gasteiger partial charge in [-0.1, -0.05) is 19.4 Å². The maximum Gasteiger partial charge on any atom is 0.327 e. The molecule has 2 N–H and O–H groups in total. The molecule has 0 aromatic carbocycles. The van der Waals surface area contributed by atoms with Crippen molar-refractivity contribution in [2.45, 2.75) is 32.6 Å². The highest BCUT2D eigenvalue weighted by Crippen LogP contribution is 2.13. The zero-order chi connectivity index (χ0) is 11.0. The molecule has 1 unspecified atom stereocenters. The zero-order valence-corrected chi connectivity index (χ0v) is 8.27. The second-order valence-electron chi connectivity index (χ2n) is 3.14. The van der Waals surface area contributed by atoms with Crippen LogP contribution in [0, 0.1) is 5.92 Å². The predicted molar refractivity (Wildman–Crippen MR) is 52.0 cm³/mol. The Hall–Kier alpha value is -1.32. The number of rotatable bonds is 7. The first-order valence-electron chi connectivity index (χ1n) is 4.70. The Balaban J connectivity index is 3.82. The number of carboxylic acids is 2. The van der Waals surface area contributed by atoms with E-state index in [2.05, 4.69) is 0 Å². The smallest absolute Gasteiger partial charge is 0.327 e. The van der Waals surface area contributed by atoms with E-state index in [0.717, 1.165) is 12.5 Å². The second-order valence-corrected chi connectivity index (χ2v) is 3.14. The first kappa shape index (κ1) is 12.7. The maximum atomic E-state index is 10.7. The highest BCUT2D eigenvalue weighted by Gasteiger charge is 2.14. The van der Waals surface area contributed by atoms with Crippen LogP contribution in [-0.2, 0) is 9.59 Å². The van der Waals surface area contributed by atoms with Crippen molar-refractivity contribution >= 4 is 11.9 Å². The van der Waals surface area contributed by atoms with Gasteiger partial charge in [0, 0.05) is 6.08 Å². The van der Waals surface area contributed by atoms with Crippen LogP contribution in [0.1, 0.15) is 32.6 Å². The van der Waals surface area contributed by atoms with Crippen LogP contribution < -0.4 is 0 Å². The van der Waals surface area contributed by atoms with Gasteiger partial charge in [-0.15, -0.1) is 0 Å². The quantitative estimate of drug-likeness (QED) is 0.615. The first-order chi connectivity index (χ1) is 6.57. The van der Waals surface area contributed by atoms with Crippen LogP contribution in [-0.4, -0.2) is 22.2 Å². The van der Waals surface area contributed by atoms with Gasteiger partial charge in [0.05, 0.1) is 5.92 Å². The molecule has 0 spiro atoms. The van der Waals surface area contributed by atoms with Gasteiger partial charge in [-0.2, -0.15) is 0 Å². The van der Waals surface area contributed by atoms with Crippen LogP contribution in [0.25, 0.3) is 0 Å². The molecule has 0 aliphatic rings. The number of hydrogen-bond donors (Lipinski definition) is 2. The Labute approximate surface area is 83.2 Å². The van der Waals surface area contributed by atoms with E-state index in [-0.39, 0.29) is 5.92 Å². The van der Waals surface area contributed by atoms with Crippen molar-refractivity contribution in [1.29, 1.82) is 0 Å². The van der Waals surface area contributed by atoms with Gasteiger partial charge in [0.25, 0.3) is 0 Å². The Morgan fingerprint density at radius 1 is 1.29 bits per heavy atom. The minimum absolute atomic E-state index is 0.349. The normalized spacial score (nSPS) is 12.9. The molecule has 0 saturated carbocycles. The summed E-state index contributed by atoms with van der Waals surface area (Å²) < 4.78 is 0. The topological polar surface area (TPSA) is 74.6 Å². The Morgan fingerprint density at radius 3 is 2.36 bits per heavy atom. The first-order valence-corrected chi connectivity index (χ1v) is 4.70. The van der Waals surface area contributed by atoms with E-state index in [1.54, 1.807) is 0 Å². The van der Waals surface area contributed by atoms with E-state index in [4.69, 9.17) is 10.2 Å². The van der Waals surface area contributed by atoms with Crippen molar-refractivity contribution in [3.8, 4) is 0 Å². The summed E-state index contributed by atoms with van der Waals surface area (Å²) >= 11 is 0. The molecule has 4 nitrogen and oxygen atoms in total. The van der Waals surface area contributed by atoms with E-state index in [1.165, 1.54) is 6.08 Å². The lowest BCUT2D eigenvalue weighted by molar-refractivity contribution is -0.142. The van der Waals surface area contributed by atoms with Gasteiger partial charge in [0.1, 0.15) is 0 Å². The molecule has 0 bridgehead atoms. The van der Waals surface area contributed by atoms with Crippen LogP contribution in [0.2, 0.25) is 0 Å². The standard InChI is InChI=1S/C10H16O4/c1-2-5-8(10(13)14)6-3-4-7-9(11)12/h4,7-8H,2-3,5-6H2,1H3,(H,11,12)(H,13,14)/b7-4+. The highest BCUT2D eigenvalue weighted by atomic mass is 16.4. The largest absolute Gasteiger partial charge is 0.481 e. The summed E-state index contributed by atoms with van der Waals surface area (Å²) in [6, 6.07) is 0. The summed E-state index contributed by atoms with van der Waals surface area (Å²) in [5.41, 5.74) is 0. The van der Waals surface area contributed by atoms with Crippen molar-refractivity contribution < 1.29 is 19.8 Å². The maximum absolute atomic E-state index is 10.7.